The number of amides is 3. The molecule has 11 nitrogen and oxygen atoms in total. The van der Waals surface area contributed by atoms with E-state index in [0.717, 1.165) is 0 Å². The molecule has 0 fully saturated rings. The molecule has 0 spiro atoms. The van der Waals surface area contributed by atoms with Crippen LogP contribution in [-0.4, -0.2) is 69.8 Å². The minimum absolute atomic E-state index is 0.0298. The predicted molar refractivity (Wildman–Crippen MR) is 121 cm³/mol. The average Bonchev–Trinajstić information content (AvgIpc) is 2.71. The van der Waals surface area contributed by atoms with Crippen LogP contribution in [0.1, 0.15) is 53.4 Å². The largest absolute Gasteiger partial charge is 0.481 e. The van der Waals surface area contributed by atoms with E-state index in [2.05, 4.69) is 28.6 Å². The van der Waals surface area contributed by atoms with E-state index in [1.165, 1.54) is 0 Å². The van der Waals surface area contributed by atoms with Gasteiger partial charge in [-0.25, -0.2) is 4.79 Å². The fourth-order valence-electron chi connectivity index (χ4n) is 2.79. The summed E-state index contributed by atoms with van der Waals surface area (Å²) in [5.41, 5.74) is 5.66. The number of thiol groups is 1. The van der Waals surface area contributed by atoms with Crippen LogP contribution in [0.3, 0.4) is 0 Å². The van der Waals surface area contributed by atoms with Gasteiger partial charge in [0, 0.05) is 12.2 Å². The second kappa shape index (κ2) is 14.7. The van der Waals surface area contributed by atoms with Crippen LogP contribution in [0.25, 0.3) is 0 Å². The van der Waals surface area contributed by atoms with Crippen molar-refractivity contribution in [3.63, 3.8) is 0 Å². The Labute approximate surface area is 193 Å². The zero-order valence-corrected chi connectivity index (χ0v) is 19.9. The molecular weight excluding hydrogens is 440 g/mol. The molecule has 12 heteroatoms. The molecule has 184 valence electrons. The zero-order valence-electron chi connectivity index (χ0n) is 19.0. The van der Waals surface area contributed by atoms with E-state index < -0.39 is 53.8 Å². The van der Waals surface area contributed by atoms with Crippen molar-refractivity contribution in [2.24, 2.45) is 17.6 Å². The molecule has 0 aromatic rings. The maximum absolute atomic E-state index is 12.8. The zero-order chi connectivity index (χ0) is 25.0. The summed E-state index contributed by atoms with van der Waals surface area (Å²) in [6.45, 7) is 7.21. The van der Waals surface area contributed by atoms with E-state index in [4.69, 9.17) is 10.8 Å². The van der Waals surface area contributed by atoms with Gasteiger partial charge in [-0.15, -0.1) is 0 Å². The van der Waals surface area contributed by atoms with Gasteiger partial charge in [0.1, 0.15) is 18.1 Å². The summed E-state index contributed by atoms with van der Waals surface area (Å²) in [4.78, 5) is 59.8. The van der Waals surface area contributed by atoms with Gasteiger partial charge in [-0.05, 0) is 24.7 Å². The standard InChI is InChI=1S/C20H36N4O7S/c1-5-11(4)16(19(29)22-13(20(30)31)8-10(2)3)24-18(28)14(9-32)23-17(27)12(21)6-7-15(25)26/h10-14,16,32H,5-9,21H2,1-4H3,(H,22,29)(H,23,27)(H,24,28)(H,25,26)(H,30,31). The maximum atomic E-state index is 12.8. The molecular formula is C20H36N4O7S. The molecule has 0 rings (SSSR count). The van der Waals surface area contributed by atoms with Crippen molar-refractivity contribution in [3.8, 4) is 0 Å². The molecule has 0 aliphatic heterocycles. The molecule has 3 amide bonds. The Morgan fingerprint density at radius 2 is 1.47 bits per heavy atom. The first-order valence-corrected chi connectivity index (χ1v) is 11.2. The Hall–Kier alpha value is -2.34. The van der Waals surface area contributed by atoms with E-state index in [1.807, 2.05) is 20.8 Å². The number of hydrogen-bond donors (Lipinski definition) is 7. The monoisotopic (exact) mass is 476 g/mol. The number of carbonyl (C=O) groups is 5. The molecule has 0 aromatic heterocycles. The van der Waals surface area contributed by atoms with Crippen LogP contribution in [0.4, 0.5) is 0 Å². The molecule has 0 saturated carbocycles. The molecule has 0 saturated heterocycles. The number of carboxylic acid groups (broad SMARTS) is 2. The Morgan fingerprint density at radius 1 is 0.906 bits per heavy atom. The molecule has 0 heterocycles. The fourth-order valence-corrected chi connectivity index (χ4v) is 3.05. The predicted octanol–water partition coefficient (Wildman–Crippen LogP) is -0.260. The molecule has 0 aliphatic rings. The van der Waals surface area contributed by atoms with Gasteiger partial charge in [0.2, 0.25) is 17.7 Å². The lowest BCUT2D eigenvalue weighted by Crippen LogP contribution is -2.59. The average molecular weight is 477 g/mol. The quantitative estimate of drug-likeness (QED) is 0.157. The number of nitrogens with two attached hydrogens (primary N) is 1. The van der Waals surface area contributed by atoms with Gasteiger partial charge in [-0.1, -0.05) is 34.1 Å². The van der Waals surface area contributed by atoms with Crippen molar-refractivity contribution < 1.29 is 34.2 Å². The van der Waals surface area contributed by atoms with Crippen LogP contribution in [0.5, 0.6) is 0 Å². The Kier molecular flexibility index (Phi) is 13.6. The second-order valence-electron chi connectivity index (χ2n) is 8.18. The molecule has 5 atom stereocenters. The summed E-state index contributed by atoms with van der Waals surface area (Å²) in [5, 5.41) is 25.5. The fraction of sp³-hybridized carbons (Fsp3) is 0.750. The number of hydrogen-bond acceptors (Lipinski definition) is 7. The second-order valence-corrected chi connectivity index (χ2v) is 8.55. The van der Waals surface area contributed by atoms with E-state index in [1.54, 1.807) is 6.92 Å². The minimum Gasteiger partial charge on any atom is -0.481 e. The van der Waals surface area contributed by atoms with Crippen molar-refractivity contribution in [2.45, 2.75) is 77.5 Å². The van der Waals surface area contributed by atoms with Crippen molar-refractivity contribution in [2.75, 3.05) is 5.75 Å². The highest BCUT2D eigenvalue weighted by atomic mass is 32.1. The molecule has 32 heavy (non-hydrogen) atoms. The number of carbonyl (C=O) groups excluding carboxylic acids is 3. The van der Waals surface area contributed by atoms with Crippen LogP contribution in [0.15, 0.2) is 0 Å². The van der Waals surface area contributed by atoms with Crippen LogP contribution < -0.4 is 21.7 Å². The highest BCUT2D eigenvalue weighted by molar-refractivity contribution is 7.80. The van der Waals surface area contributed by atoms with Crippen molar-refractivity contribution in [3.05, 3.63) is 0 Å². The van der Waals surface area contributed by atoms with Crippen LogP contribution >= 0.6 is 12.6 Å². The van der Waals surface area contributed by atoms with Crippen LogP contribution in [0, 0.1) is 11.8 Å². The highest BCUT2D eigenvalue weighted by Crippen LogP contribution is 2.11. The summed E-state index contributed by atoms with van der Waals surface area (Å²) in [5.74, 6) is -4.69. The van der Waals surface area contributed by atoms with Gasteiger partial charge in [-0.2, -0.15) is 12.6 Å². The van der Waals surface area contributed by atoms with Gasteiger partial charge in [-0.3, -0.25) is 19.2 Å². The number of rotatable bonds is 15. The lowest BCUT2D eigenvalue weighted by molar-refractivity contribution is -0.143. The third-order valence-electron chi connectivity index (χ3n) is 4.94. The number of aliphatic carboxylic acids is 2. The third-order valence-corrected chi connectivity index (χ3v) is 5.30. The summed E-state index contributed by atoms with van der Waals surface area (Å²) in [6.07, 6.45) is 0.347. The Bertz CT molecular complexity index is 674. The highest BCUT2D eigenvalue weighted by Gasteiger charge is 2.32. The van der Waals surface area contributed by atoms with Gasteiger partial charge in [0.25, 0.3) is 0 Å². The van der Waals surface area contributed by atoms with Gasteiger partial charge in [0.05, 0.1) is 6.04 Å². The van der Waals surface area contributed by atoms with Crippen molar-refractivity contribution in [1.82, 2.24) is 16.0 Å². The van der Waals surface area contributed by atoms with E-state index in [0.29, 0.717) is 6.42 Å². The lowest BCUT2D eigenvalue weighted by Gasteiger charge is -2.28. The number of carboxylic acids is 2. The minimum atomic E-state index is -1.17. The molecule has 0 aromatic carbocycles. The summed E-state index contributed by atoms with van der Waals surface area (Å²) in [7, 11) is 0. The number of nitrogens with one attached hydrogen (secondary N) is 3. The van der Waals surface area contributed by atoms with Crippen molar-refractivity contribution in [1.29, 1.82) is 0 Å². The maximum Gasteiger partial charge on any atom is 0.326 e. The smallest absolute Gasteiger partial charge is 0.326 e. The first kappa shape index (κ1) is 29.7. The lowest BCUT2D eigenvalue weighted by atomic mass is 9.96. The van der Waals surface area contributed by atoms with Crippen LogP contribution in [0.2, 0.25) is 0 Å². The normalized spacial score (nSPS) is 15.7. The van der Waals surface area contributed by atoms with E-state index >= 15 is 0 Å². The van der Waals surface area contributed by atoms with Gasteiger partial charge >= 0.3 is 11.9 Å². The molecule has 0 aliphatic carbocycles. The summed E-state index contributed by atoms with van der Waals surface area (Å²) in [6, 6.07) is -4.37. The SMILES string of the molecule is CCC(C)C(NC(=O)C(CS)NC(=O)C(N)CCC(=O)O)C(=O)NC(CC(C)C)C(=O)O. The Morgan fingerprint density at radius 3 is 1.91 bits per heavy atom. The van der Waals surface area contributed by atoms with Crippen LogP contribution in [-0.2, 0) is 24.0 Å². The first-order chi connectivity index (χ1) is 14.8. The topological polar surface area (TPSA) is 188 Å². The van der Waals surface area contributed by atoms with E-state index in [-0.39, 0.29) is 36.9 Å². The molecule has 0 bridgehead atoms. The Balaban J connectivity index is 5.28. The third kappa shape index (κ3) is 10.8. The summed E-state index contributed by atoms with van der Waals surface area (Å²) < 4.78 is 0. The van der Waals surface area contributed by atoms with Crippen molar-refractivity contribution >= 4 is 42.3 Å². The molecule has 5 unspecified atom stereocenters. The first-order valence-electron chi connectivity index (χ1n) is 10.6. The summed E-state index contributed by atoms with van der Waals surface area (Å²) >= 11 is 4.06. The van der Waals surface area contributed by atoms with Gasteiger partial charge in [0.15, 0.2) is 0 Å². The van der Waals surface area contributed by atoms with Gasteiger partial charge < -0.3 is 31.9 Å². The van der Waals surface area contributed by atoms with E-state index in [9.17, 15) is 29.1 Å². The molecule has 7 N–H and O–H groups in total. The molecule has 0 radical (unpaired) electrons.